The second-order valence-corrected chi connectivity index (χ2v) is 8.48. The molecule has 144 valence electrons. The van der Waals surface area contributed by atoms with E-state index in [4.69, 9.17) is 0 Å². The van der Waals surface area contributed by atoms with Gasteiger partial charge in [-0.1, -0.05) is 12.5 Å². The third-order valence-electron chi connectivity index (χ3n) is 4.62. The van der Waals surface area contributed by atoms with Crippen LogP contribution in [0.5, 0.6) is 0 Å². The second-order valence-electron chi connectivity index (χ2n) is 6.54. The largest absolute Gasteiger partial charge is 0.325 e. The summed E-state index contributed by atoms with van der Waals surface area (Å²) in [6.07, 6.45) is 6.46. The summed E-state index contributed by atoms with van der Waals surface area (Å²) in [5.41, 5.74) is 0.586. The van der Waals surface area contributed by atoms with Crippen molar-refractivity contribution in [2.45, 2.75) is 37.0 Å². The van der Waals surface area contributed by atoms with E-state index in [9.17, 15) is 23.3 Å². The van der Waals surface area contributed by atoms with Gasteiger partial charge in [0.05, 0.1) is 9.82 Å². The highest BCUT2D eigenvalue weighted by Crippen LogP contribution is 2.22. The molecule has 1 fully saturated rings. The smallest absolute Gasteiger partial charge is 0.267 e. The molecule has 9 heteroatoms. The van der Waals surface area contributed by atoms with E-state index in [2.05, 4.69) is 5.32 Å². The highest BCUT2D eigenvalue weighted by molar-refractivity contribution is 7.89. The summed E-state index contributed by atoms with van der Waals surface area (Å²) in [4.78, 5) is 22.9. The molecule has 0 atom stereocenters. The van der Waals surface area contributed by atoms with Crippen molar-refractivity contribution in [1.29, 1.82) is 0 Å². The number of sulfonamides is 1. The first-order valence-electron chi connectivity index (χ1n) is 8.84. The number of allylic oxidation sites excluding steroid dienone is 3. The van der Waals surface area contributed by atoms with Gasteiger partial charge in [0.1, 0.15) is 0 Å². The summed E-state index contributed by atoms with van der Waals surface area (Å²) in [7, 11) is -3.63. The summed E-state index contributed by atoms with van der Waals surface area (Å²) in [5, 5.41) is 13.5. The maximum absolute atomic E-state index is 12.8. The Morgan fingerprint density at radius 2 is 1.93 bits per heavy atom. The molecular formula is C18H21N3O5S. The van der Waals surface area contributed by atoms with Crippen LogP contribution in [-0.2, 0) is 10.0 Å². The molecule has 1 heterocycles. The van der Waals surface area contributed by atoms with Crippen LogP contribution in [-0.4, -0.2) is 36.6 Å². The van der Waals surface area contributed by atoms with Crippen LogP contribution in [0.25, 0.3) is 0 Å². The Kier molecular flexibility index (Phi) is 5.71. The van der Waals surface area contributed by atoms with Gasteiger partial charge in [-0.2, -0.15) is 4.31 Å². The van der Waals surface area contributed by atoms with Crippen LogP contribution in [0.3, 0.4) is 0 Å². The summed E-state index contributed by atoms with van der Waals surface area (Å²) in [6.45, 7) is 0.975. The summed E-state index contributed by atoms with van der Waals surface area (Å²) < 4.78 is 27.0. The fraction of sp³-hybridized carbons (Fsp3) is 0.389. The lowest BCUT2D eigenvalue weighted by molar-refractivity contribution is -0.419. The molecule has 0 aromatic heterocycles. The average Bonchev–Trinajstić information content (AvgIpc) is 2.69. The van der Waals surface area contributed by atoms with Crippen LogP contribution in [0, 0.1) is 10.1 Å². The quantitative estimate of drug-likeness (QED) is 0.612. The van der Waals surface area contributed by atoms with E-state index in [0.717, 1.165) is 19.3 Å². The van der Waals surface area contributed by atoms with E-state index in [1.165, 1.54) is 40.7 Å². The number of nitrogens with one attached hydrogen (secondary N) is 1. The van der Waals surface area contributed by atoms with Gasteiger partial charge < -0.3 is 5.32 Å². The molecule has 3 rings (SSSR count). The van der Waals surface area contributed by atoms with Gasteiger partial charge in [0, 0.05) is 30.4 Å². The van der Waals surface area contributed by atoms with Gasteiger partial charge >= 0.3 is 0 Å². The Morgan fingerprint density at radius 1 is 1.19 bits per heavy atom. The highest BCUT2D eigenvalue weighted by Gasteiger charge is 2.26. The lowest BCUT2D eigenvalue weighted by Crippen LogP contribution is -2.35. The number of benzene rings is 1. The number of amides is 1. The maximum atomic E-state index is 12.8. The van der Waals surface area contributed by atoms with Crippen LogP contribution in [0.2, 0.25) is 0 Å². The molecule has 0 spiro atoms. The van der Waals surface area contributed by atoms with Gasteiger partial charge in [0.2, 0.25) is 10.0 Å². The molecule has 1 aliphatic carbocycles. The van der Waals surface area contributed by atoms with Crippen LogP contribution in [0.4, 0.5) is 0 Å². The fourth-order valence-electron chi connectivity index (χ4n) is 3.18. The molecule has 1 N–H and O–H groups in total. The molecule has 27 heavy (non-hydrogen) atoms. The van der Waals surface area contributed by atoms with Gasteiger partial charge in [-0.25, -0.2) is 8.42 Å². The van der Waals surface area contributed by atoms with Crippen molar-refractivity contribution in [2.24, 2.45) is 0 Å². The Morgan fingerprint density at radius 3 is 2.63 bits per heavy atom. The normalized spacial score (nSPS) is 18.4. The summed E-state index contributed by atoms with van der Waals surface area (Å²) in [5.74, 6) is -0.485. The molecule has 0 unspecified atom stereocenters. The van der Waals surface area contributed by atoms with Crippen molar-refractivity contribution in [1.82, 2.24) is 9.62 Å². The standard InChI is InChI=1S/C18H21N3O5S/c22-18(19-15-7-5-8-16(13-15)21(23)24)14-6-4-9-17(12-14)27(25,26)20-10-2-1-3-11-20/h4,6,8-9,12-13H,1-3,5,7,10-11H2,(H,19,22). The van der Waals surface area contributed by atoms with E-state index in [0.29, 0.717) is 31.6 Å². The summed E-state index contributed by atoms with van der Waals surface area (Å²) in [6, 6.07) is 5.89. The minimum atomic E-state index is -3.63. The Balaban J connectivity index is 1.78. The van der Waals surface area contributed by atoms with Gasteiger partial charge in [0.15, 0.2) is 0 Å². The number of nitro groups is 1. The molecule has 1 aliphatic heterocycles. The zero-order valence-corrected chi connectivity index (χ0v) is 15.6. The van der Waals surface area contributed by atoms with E-state index in [1.54, 1.807) is 0 Å². The third kappa shape index (κ3) is 4.42. The molecule has 0 bridgehead atoms. The molecule has 2 aliphatic rings. The van der Waals surface area contributed by atoms with Gasteiger partial charge in [-0.15, -0.1) is 0 Å². The molecule has 1 saturated heterocycles. The van der Waals surface area contributed by atoms with Crippen molar-refractivity contribution in [3.63, 3.8) is 0 Å². The first-order valence-corrected chi connectivity index (χ1v) is 10.3. The van der Waals surface area contributed by atoms with Crippen LogP contribution >= 0.6 is 0 Å². The van der Waals surface area contributed by atoms with Crippen molar-refractivity contribution in [3.8, 4) is 0 Å². The van der Waals surface area contributed by atoms with Crippen molar-refractivity contribution in [2.75, 3.05) is 13.1 Å². The minimum Gasteiger partial charge on any atom is -0.325 e. The van der Waals surface area contributed by atoms with E-state index >= 15 is 0 Å². The molecule has 0 saturated carbocycles. The molecule has 1 amide bonds. The first kappa shape index (κ1) is 19.2. The number of hydrogen-bond donors (Lipinski definition) is 1. The van der Waals surface area contributed by atoms with Gasteiger partial charge in [0.25, 0.3) is 11.6 Å². The lowest BCUT2D eigenvalue weighted by Gasteiger charge is -2.26. The lowest BCUT2D eigenvalue weighted by atomic mass is 10.1. The van der Waals surface area contributed by atoms with E-state index < -0.39 is 20.9 Å². The number of nitrogens with zero attached hydrogens (tertiary/aromatic N) is 2. The van der Waals surface area contributed by atoms with Crippen molar-refractivity contribution in [3.05, 3.63) is 63.5 Å². The summed E-state index contributed by atoms with van der Waals surface area (Å²) >= 11 is 0. The number of carbonyl (C=O) groups is 1. The monoisotopic (exact) mass is 391 g/mol. The zero-order chi connectivity index (χ0) is 19.4. The molecule has 8 nitrogen and oxygen atoms in total. The highest BCUT2D eigenvalue weighted by atomic mass is 32.2. The van der Waals surface area contributed by atoms with Gasteiger partial charge in [-0.3, -0.25) is 14.9 Å². The SMILES string of the molecule is O=C(NC1=CC([N+](=O)[O-])=CCC1)c1cccc(S(=O)(=O)N2CCCCC2)c1. The fourth-order valence-corrected chi connectivity index (χ4v) is 4.74. The van der Waals surface area contributed by atoms with Gasteiger partial charge in [-0.05, 0) is 50.0 Å². The van der Waals surface area contributed by atoms with Crippen LogP contribution < -0.4 is 5.32 Å². The third-order valence-corrected chi connectivity index (χ3v) is 6.52. The topological polar surface area (TPSA) is 110 Å². The van der Waals surface area contributed by atoms with E-state index in [1.807, 2.05) is 0 Å². The predicted octanol–water partition coefficient (Wildman–Crippen LogP) is 2.43. The number of hydrogen-bond acceptors (Lipinski definition) is 5. The Bertz CT molecular complexity index is 915. The maximum Gasteiger partial charge on any atom is 0.267 e. The van der Waals surface area contributed by atoms with Crippen LogP contribution in [0.1, 0.15) is 42.5 Å². The van der Waals surface area contributed by atoms with E-state index in [-0.39, 0.29) is 16.2 Å². The second kappa shape index (κ2) is 8.01. The van der Waals surface area contributed by atoms with Crippen molar-refractivity contribution >= 4 is 15.9 Å². The Labute approximate surface area is 157 Å². The zero-order valence-electron chi connectivity index (χ0n) is 14.8. The predicted molar refractivity (Wildman–Crippen MR) is 98.9 cm³/mol. The minimum absolute atomic E-state index is 0.0574. The Hall–Kier alpha value is -2.52. The van der Waals surface area contributed by atoms with Crippen molar-refractivity contribution < 1.29 is 18.1 Å². The number of rotatable bonds is 5. The average molecular weight is 391 g/mol. The molecule has 1 aromatic carbocycles. The molecule has 1 aromatic rings. The molecular weight excluding hydrogens is 370 g/mol. The number of piperidine rings is 1. The number of carbonyl (C=O) groups excluding carboxylic acids is 1. The first-order chi connectivity index (χ1) is 12.9. The molecule has 0 radical (unpaired) electrons. The van der Waals surface area contributed by atoms with Crippen LogP contribution in [0.15, 0.2) is 52.7 Å².